The third kappa shape index (κ3) is 5.62. The fourth-order valence-corrected chi connectivity index (χ4v) is 2.75. The predicted molar refractivity (Wildman–Crippen MR) is 112 cm³/mol. The fraction of sp³-hybridized carbons (Fsp3) is 0.273. The summed E-state index contributed by atoms with van der Waals surface area (Å²) in [6, 6.07) is 14.2. The average Bonchev–Trinajstić information content (AvgIpc) is 2.69. The van der Waals surface area contributed by atoms with Gasteiger partial charge in [-0.05, 0) is 43.2 Å². The summed E-state index contributed by atoms with van der Waals surface area (Å²) in [6.07, 6.45) is -2.04. The van der Waals surface area contributed by atoms with Gasteiger partial charge in [0, 0.05) is 11.9 Å². The van der Waals surface area contributed by atoms with E-state index < -0.39 is 11.7 Å². The molecule has 0 unspecified atom stereocenters. The first kappa shape index (κ1) is 21.4. The van der Waals surface area contributed by atoms with Crippen molar-refractivity contribution in [1.82, 2.24) is 9.97 Å². The summed E-state index contributed by atoms with van der Waals surface area (Å²) in [5, 5.41) is 5.72. The van der Waals surface area contributed by atoms with Crippen molar-refractivity contribution < 1.29 is 17.9 Å². The smallest absolute Gasteiger partial charge is 0.421 e. The highest BCUT2D eigenvalue weighted by Crippen LogP contribution is 2.37. The molecule has 3 rings (SSSR count). The number of hydrogen-bond donors (Lipinski definition) is 2. The summed E-state index contributed by atoms with van der Waals surface area (Å²) in [6.45, 7) is 4.43. The number of unbranched alkanes of at least 4 members (excludes halogenated alkanes) is 1. The van der Waals surface area contributed by atoms with E-state index in [2.05, 4.69) is 20.6 Å². The fourth-order valence-electron chi connectivity index (χ4n) is 2.75. The first-order valence-electron chi connectivity index (χ1n) is 9.63. The molecule has 0 aliphatic rings. The molecule has 30 heavy (non-hydrogen) atoms. The Morgan fingerprint density at radius 1 is 1.03 bits per heavy atom. The lowest BCUT2D eigenvalue weighted by Gasteiger charge is -2.17. The van der Waals surface area contributed by atoms with Crippen molar-refractivity contribution in [3.05, 3.63) is 65.9 Å². The molecule has 0 atom stereocenters. The van der Waals surface area contributed by atoms with Gasteiger partial charge in [-0.3, -0.25) is 0 Å². The van der Waals surface area contributed by atoms with E-state index >= 15 is 0 Å². The van der Waals surface area contributed by atoms with Crippen LogP contribution in [0.4, 0.5) is 36.3 Å². The molecular formula is C22H23F3N4O. The van der Waals surface area contributed by atoms with E-state index in [1.807, 2.05) is 32.0 Å². The van der Waals surface area contributed by atoms with Crippen LogP contribution in [-0.2, 0) is 6.18 Å². The van der Waals surface area contributed by atoms with Crippen LogP contribution < -0.4 is 15.4 Å². The number of hydrogen-bond acceptors (Lipinski definition) is 5. The van der Waals surface area contributed by atoms with Crippen LogP contribution in [0.1, 0.15) is 30.9 Å². The lowest BCUT2D eigenvalue weighted by atomic mass is 10.2. The van der Waals surface area contributed by atoms with Gasteiger partial charge in [0.25, 0.3) is 0 Å². The molecule has 0 saturated carbocycles. The lowest BCUT2D eigenvalue weighted by molar-refractivity contribution is -0.137. The molecule has 0 saturated heterocycles. The number of halogens is 3. The highest BCUT2D eigenvalue weighted by Gasteiger charge is 2.35. The number of nitrogens with zero attached hydrogens (tertiary/aromatic N) is 2. The number of anilines is 4. The van der Waals surface area contributed by atoms with E-state index in [0.717, 1.165) is 24.6 Å². The minimum atomic E-state index is -4.61. The Morgan fingerprint density at radius 2 is 1.83 bits per heavy atom. The molecule has 0 aliphatic heterocycles. The molecule has 2 N–H and O–H groups in total. The third-order valence-electron chi connectivity index (χ3n) is 4.26. The number of rotatable bonds is 8. The van der Waals surface area contributed by atoms with Gasteiger partial charge in [-0.15, -0.1) is 0 Å². The second-order valence-electron chi connectivity index (χ2n) is 6.77. The van der Waals surface area contributed by atoms with E-state index in [9.17, 15) is 13.2 Å². The SMILES string of the molecule is CCCCOc1ccccc1Nc1nc(Nc2cccc(C)c2)ncc1C(F)(F)F. The second-order valence-corrected chi connectivity index (χ2v) is 6.77. The van der Waals surface area contributed by atoms with Gasteiger partial charge in [-0.25, -0.2) is 4.98 Å². The maximum absolute atomic E-state index is 13.5. The highest BCUT2D eigenvalue weighted by atomic mass is 19.4. The molecular weight excluding hydrogens is 393 g/mol. The van der Waals surface area contributed by atoms with Crippen molar-refractivity contribution in [2.75, 3.05) is 17.2 Å². The number of nitrogens with one attached hydrogen (secondary N) is 2. The summed E-state index contributed by atoms with van der Waals surface area (Å²) in [5.74, 6) is 0.172. The molecule has 0 spiro atoms. The van der Waals surface area contributed by atoms with Crippen LogP contribution in [0.5, 0.6) is 5.75 Å². The molecule has 0 aliphatic carbocycles. The summed E-state index contributed by atoms with van der Waals surface area (Å²) in [5.41, 5.74) is 1.13. The van der Waals surface area contributed by atoms with E-state index in [1.54, 1.807) is 30.3 Å². The Kier molecular flexibility index (Phi) is 6.76. The Hall–Kier alpha value is -3.29. The summed E-state index contributed by atoms with van der Waals surface area (Å²) >= 11 is 0. The van der Waals surface area contributed by atoms with E-state index in [0.29, 0.717) is 23.7 Å². The number of benzene rings is 2. The molecule has 1 aromatic heterocycles. The zero-order valence-electron chi connectivity index (χ0n) is 16.8. The molecule has 0 bridgehead atoms. The van der Waals surface area contributed by atoms with Gasteiger partial charge in [-0.2, -0.15) is 18.2 Å². The van der Waals surface area contributed by atoms with Gasteiger partial charge in [0.05, 0.1) is 12.3 Å². The van der Waals surface area contributed by atoms with Gasteiger partial charge in [-0.1, -0.05) is 37.6 Å². The second kappa shape index (κ2) is 9.47. The summed E-state index contributed by atoms with van der Waals surface area (Å²) in [4.78, 5) is 7.93. The van der Waals surface area contributed by atoms with Gasteiger partial charge < -0.3 is 15.4 Å². The molecule has 0 amide bonds. The van der Waals surface area contributed by atoms with Gasteiger partial charge in [0.15, 0.2) is 0 Å². The minimum Gasteiger partial charge on any atom is -0.491 e. The van der Waals surface area contributed by atoms with Crippen LogP contribution >= 0.6 is 0 Å². The van der Waals surface area contributed by atoms with Crippen LogP contribution in [0.3, 0.4) is 0 Å². The Balaban J connectivity index is 1.92. The average molecular weight is 416 g/mol. The van der Waals surface area contributed by atoms with E-state index in [1.165, 1.54) is 0 Å². The maximum atomic E-state index is 13.5. The molecule has 3 aromatic rings. The normalized spacial score (nSPS) is 11.2. The van der Waals surface area contributed by atoms with Crippen molar-refractivity contribution >= 4 is 23.1 Å². The zero-order chi connectivity index (χ0) is 21.6. The first-order chi connectivity index (χ1) is 14.4. The quantitative estimate of drug-likeness (QED) is 0.412. The maximum Gasteiger partial charge on any atom is 0.421 e. The Bertz CT molecular complexity index is 992. The van der Waals surface area contributed by atoms with Crippen molar-refractivity contribution in [1.29, 1.82) is 0 Å². The Labute approximate surface area is 173 Å². The van der Waals surface area contributed by atoms with Crippen molar-refractivity contribution in [2.45, 2.75) is 32.9 Å². The first-order valence-corrected chi connectivity index (χ1v) is 9.63. The van der Waals surface area contributed by atoms with Crippen molar-refractivity contribution in [2.24, 2.45) is 0 Å². The van der Waals surface area contributed by atoms with Crippen molar-refractivity contribution in [3.8, 4) is 5.75 Å². The monoisotopic (exact) mass is 416 g/mol. The zero-order valence-corrected chi connectivity index (χ0v) is 16.8. The minimum absolute atomic E-state index is 0.0560. The molecule has 1 heterocycles. The predicted octanol–water partition coefficient (Wildman–Crippen LogP) is 6.47. The number of alkyl halides is 3. The molecule has 5 nitrogen and oxygen atoms in total. The molecule has 2 aromatic carbocycles. The molecule has 158 valence electrons. The van der Waals surface area contributed by atoms with Gasteiger partial charge in [0.1, 0.15) is 17.1 Å². The van der Waals surface area contributed by atoms with Gasteiger partial charge >= 0.3 is 6.18 Å². The standard InChI is InChI=1S/C22H23F3N4O/c1-3-4-12-30-19-11-6-5-10-18(19)28-20-17(22(23,24)25)14-26-21(29-20)27-16-9-7-8-15(2)13-16/h5-11,13-14H,3-4,12H2,1-2H3,(H2,26,27,28,29). The van der Waals surface area contributed by atoms with Crippen LogP contribution in [0.15, 0.2) is 54.7 Å². The Morgan fingerprint density at radius 3 is 2.57 bits per heavy atom. The number of ether oxygens (including phenoxy) is 1. The largest absolute Gasteiger partial charge is 0.491 e. The van der Waals surface area contributed by atoms with Crippen LogP contribution in [0.25, 0.3) is 0 Å². The summed E-state index contributed by atoms with van der Waals surface area (Å²) in [7, 11) is 0. The molecule has 0 fully saturated rings. The lowest BCUT2D eigenvalue weighted by Crippen LogP contribution is -2.13. The highest BCUT2D eigenvalue weighted by molar-refractivity contribution is 5.67. The van der Waals surface area contributed by atoms with Crippen LogP contribution in [0.2, 0.25) is 0 Å². The third-order valence-corrected chi connectivity index (χ3v) is 4.26. The molecule has 0 radical (unpaired) electrons. The number of aromatic nitrogens is 2. The van der Waals surface area contributed by atoms with Crippen LogP contribution in [-0.4, -0.2) is 16.6 Å². The number of aryl methyl sites for hydroxylation is 1. The van der Waals surface area contributed by atoms with Crippen LogP contribution in [0, 0.1) is 6.92 Å². The van der Waals surface area contributed by atoms with Crippen molar-refractivity contribution in [3.63, 3.8) is 0 Å². The van der Waals surface area contributed by atoms with E-state index in [4.69, 9.17) is 4.74 Å². The topological polar surface area (TPSA) is 59.1 Å². The molecule has 8 heteroatoms. The number of para-hydroxylation sites is 2. The summed E-state index contributed by atoms with van der Waals surface area (Å²) < 4.78 is 46.3. The van der Waals surface area contributed by atoms with Gasteiger partial charge in [0.2, 0.25) is 5.95 Å². The van der Waals surface area contributed by atoms with E-state index in [-0.39, 0.29) is 11.8 Å².